The van der Waals surface area contributed by atoms with E-state index in [1.807, 2.05) is 13.8 Å². The quantitative estimate of drug-likeness (QED) is 0.699. The normalized spacial score (nSPS) is 11.3. The summed E-state index contributed by atoms with van der Waals surface area (Å²) in [6, 6.07) is 0.161. The van der Waals surface area contributed by atoms with Gasteiger partial charge in [0.1, 0.15) is 10.7 Å². The number of carbonyl (C=O) groups excluding carboxylic acids is 2. The molecular weight excluding hydrogens is 300 g/mol. The van der Waals surface area contributed by atoms with Crippen molar-refractivity contribution in [3.63, 3.8) is 0 Å². The van der Waals surface area contributed by atoms with Gasteiger partial charge in [-0.25, -0.2) is 4.98 Å². The van der Waals surface area contributed by atoms with Gasteiger partial charge < -0.3 is 16.4 Å². The predicted molar refractivity (Wildman–Crippen MR) is 82.1 cm³/mol. The summed E-state index contributed by atoms with van der Waals surface area (Å²) in [6.45, 7) is 4.58. The van der Waals surface area contributed by atoms with Gasteiger partial charge in [-0.2, -0.15) is 0 Å². The summed E-state index contributed by atoms with van der Waals surface area (Å²) in [5, 5.41) is 7.88. The second-order valence-corrected chi connectivity index (χ2v) is 5.16. The molecule has 1 heterocycles. The van der Waals surface area contributed by atoms with Crippen LogP contribution in [0.15, 0.2) is 5.38 Å². The van der Waals surface area contributed by atoms with Gasteiger partial charge in [0, 0.05) is 30.9 Å². The molecule has 1 aromatic rings. The number of nitrogens with two attached hydrogens (primary N) is 1. The van der Waals surface area contributed by atoms with E-state index in [1.54, 1.807) is 5.38 Å². The lowest BCUT2D eigenvalue weighted by molar-refractivity contribution is -0.121. The highest BCUT2D eigenvalue weighted by molar-refractivity contribution is 7.09. The predicted octanol–water partition coefficient (Wildman–Crippen LogP) is 1.06. The van der Waals surface area contributed by atoms with Crippen LogP contribution in [0.25, 0.3) is 0 Å². The molecule has 4 N–H and O–H groups in total. The fraction of sp³-hybridized carbons (Fsp3) is 0.583. The number of hydrogen-bond acceptors (Lipinski definition) is 5. The first-order valence-electron chi connectivity index (χ1n) is 6.28. The molecule has 0 aromatic carbocycles. The lowest BCUT2D eigenvalue weighted by Crippen LogP contribution is -2.35. The van der Waals surface area contributed by atoms with Gasteiger partial charge in [-0.1, -0.05) is 6.92 Å². The van der Waals surface area contributed by atoms with Crippen LogP contribution in [-0.2, 0) is 11.3 Å². The average Bonchev–Trinajstić information content (AvgIpc) is 2.87. The molecule has 0 spiro atoms. The van der Waals surface area contributed by atoms with Crippen molar-refractivity contribution in [2.45, 2.75) is 39.3 Å². The molecule has 2 amide bonds. The number of hydrogen-bond donors (Lipinski definition) is 3. The Balaban J connectivity index is 0.00000361. The number of thiazole rings is 1. The van der Waals surface area contributed by atoms with Crippen molar-refractivity contribution >= 4 is 35.6 Å². The maximum atomic E-state index is 11.7. The van der Waals surface area contributed by atoms with Crippen molar-refractivity contribution in [2.75, 3.05) is 6.54 Å². The smallest absolute Gasteiger partial charge is 0.270 e. The molecule has 0 aliphatic heterocycles. The highest BCUT2D eigenvalue weighted by Crippen LogP contribution is 2.08. The summed E-state index contributed by atoms with van der Waals surface area (Å²) in [4.78, 5) is 27.3. The van der Waals surface area contributed by atoms with Crippen molar-refractivity contribution in [1.82, 2.24) is 15.6 Å². The molecule has 114 valence electrons. The number of halogens is 1. The molecule has 0 fully saturated rings. The summed E-state index contributed by atoms with van der Waals surface area (Å²) in [5.41, 5.74) is 5.78. The van der Waals surface area contributed by atoms with E-state index < -0.39 is 0 Å². The highest BCUT2D eigenvalue weighted by atomic mass is 35.5. The van der Waals surface area contributed by atoms with Gasteiger partial charge in [0.15, 0.2) is 0 Å². The number of carbonyl (C=O) groups is 2. The molecular formula is C12H21ClN4O2S. The van der Waals surface area contributed by atoms with Crippen LogP contribution in [0.5, 0.6) is 0 Å². The number of amides is 2. The van der Waals surface area contributed by atoms with Crippen LogP contribution in [0.4, 0.5) is 0 Å². The van der Waals surface area contributed by atoms with Gasteiger partial charge >= 0.3 is 0 Å². The summed E-state index contributed by atoms with van der Waals surface area (Å²) in [5.74, 6) is -0.331. The van der Waals surface area contributed by atoms with E-state index in [2.05, 4.69) is 15.6 Å². The van der Waals surface area contributed by atoms with E-state index in [0.29, 0.717) is 18.8 Å². The molecule has 1 rings (SSSR count). The lowest BCUT2D eigenvalue weighted by atomic mass is 10.2. The molecule has 0 aliphatic carbocycles. The van der Waals surface area contributed by atoms with E-state index in [0.717, 1.165) is 11.4 Å². The van der Waals surface area contributed by atoms with Gasteiger partial charge in [0.2, 0.25) is 5.91 Å². The van der Waals surface area contributed by atoms with Gasteiger partial charge in [0.25, 0.3) is 5.91 Å². The summed E-state index contributed by atoms with van der Waals surface area (Å²) < 4.78 is 0. The molecule has 1 atom stereocenters. The summed E-state index contributed by atoms with van der Waals surface area (Å²) >= 11 is 1.35. The summed E-state index contributed by atoms with van der Waals surface area (Å²) in [6.07, 6.45) is 1.16. The number of rotatable bonds is 7. The van der Waals surface area contributed by atoms with Gasteiger partial charge in [-0.15, -0.1) is 23.7 Å². The van der Waals surface area contributed by atoms with Crippen LogP contribution in [0, 0.1) is 0 Å². The van der Waals surface area contributed by atoms with Crippen molar-refractivity contribution in [3.8, 4) is 0 Å². The molecule has 0 saturated heterocycles. The minimum atomic E-state index is -0.271. The van der Waals surface area contributed by atoms with E-state index in [9.17, 15) is 9.59 Å². The summed E-state index contributed by atoms with van der Waals surface area (Å²) in [7, 11) is 0. The molecule has 20 heavy (non-hydrogen) atoms. The SMILES string of the molecule is CCC(C)NC(=O)CCNC(=O)c1csc(CN)n1.Cl. The molecule has 0 bridgehead atoms. The Labute approximate surface area is 128 Å². The highest BCUT2D eigenvalue weighted by Gasteiger charge is 2.11. The Kier molecular flexibility index (Phi) is 9.11. The molecule has 0 saturated carbocycles. The molecule has 1 aromatic heterocycles. The Morgan fingerprint density at radius 3 is 2.75 bits per heavy atom. The standard InChI is InChI=1S/C12H20N4O2S.ClH/c1-3-8(2)15-10(17)4-5-14-12(18)9-7-19-11(6-13)16-9;/h7-8H,3-6,13H2,1-2H3,(H,14,18)(H,15,17);1H. The Bertz CT molecular complexity index is 439. The topological polar surface area (TPSA) is 97.1 Å². The van der Waals surface area contributed by atoms with E-state index in [1.165, 1.54) is 11.3 Å². The number of aromatic nitrogens is 1. The number of nitrogens with one attached hydrogen (secondary N) is 2. The van der Waals surface area contributed by atoms with Crippen LogP contribution in [0.1, 0.15) is 42.2 Å². The first kappa shape index (κ1) is 18.8. The molecule has 1 unspecified atom stereocenters. The second-order valence-electron chi connectivity index (χ2n) is 4.21. The molecule has 0 radical (unpaired) electrons. The largest absolute Gasteiger partial charge is 0.354 e. The minimum Gasteiger partial charge on any atom is -0.354 e. The molecule has 6 nitrogen and oxygen atoms in total. The van der Waals surface area contributed by atoms with Crippen molar-refractivity contribution in [3.05, 3.63) is 16.1 Å². The van der Waals surface area contributed by atoms with Crippen molar-refractivity contribution in [1.29, 1.82) is 0 Å². The fourth-order valence-corrected chi connectivity index (χ4v) is 1.99. The zero-order valence-corrected chi connectivity index (χ0v) is 13.3. The van der Waals surface area contributed by atoms with Crippen LogP contribution in [0.3, 0.4) is 0 Å². The maximum Gasteiger partial charge on any atom is 0.270 e. The maximum absolute atomic E-state index is 11.7. The monoisotopic (exact) mass is 320 g/mol. The van der Waals surface area contributed by atoms with Gasteiger partial charge in [-0.3, -0.25) is 9.59 Å². The van der Waals surface area contributed by atoms with Crippen LogP contribution < -0.4 is 16.4 Å². The third-order valence-corrected chi connectivity index (χ3v) is 3.49. The Morgan fingerprint density at radius 2 is 2.20 bits per heavy atom. The van der Waals surface area contributed by atoms with E-state index in [4.69, 9.17) is 5.73 Å². The van der Waals surface area contributed by atoms with Crippen LogP contribution in [0.2, 0.25) is 0 Å². The average molecular weight is 321 g/mol. The first-order chi connectivity index (χ1) is 9.06. The van der Waals surface area contributed by atoms with E-state index >= 15 is 0 Å². The second kappa shape index (κ2) is 9.68. The van der Waals surface area contributed by atoms with Crippen LogP contribution >= 0.6 is 23.7 Å². The van der Waals surface area contributed by atoms with Crippen LogP contribution in [-0.4, -0.2) is 29.4 Å². The Hall–Kier alpha value is -1.18. The fourth-order valence-electron chi connectivity index (χ4n) is 1.34. The zero-order valence-electron chi connectivity index (χ0n) is 11.6. The third kappa shape index (κ3) is 6.31. The zero-order chi connectivity index (χ0) is 14.3. The molecule has 8 heteroatoms. The van der Waals surface area contributed by atoms with Gasteiger partial charge in [0.05, 0.1) is 0 Å². The first-order valence-corrected chi connectivity index (χ1v) is 7.16. The Morgan fingerprint density at radius 1 is 1.50 bits per heavy atom. The van der Waals surface area contributed by atoms with Gasteiger partial charge in [-0.05, 0) is 13.3 Å². The van der Waals surface area contributed by atoms with Crippen molar-refractivity contribution in [2.24, 2.45) is 5.73 Å². The number of nitrogens with zero attached hydrogens (tertiary/aromatic N) is 1. The minimum absolute atomic E-state index is 0. The lowest BCUT2D eigenvalue weighted by Gasteiger charge is -2.11. The third-order valence-electron chi connectivity index (χ3n) is 2.62. The van der Waals surface area contributed by atoms with E-state index in [-0.39, 0.29) is 36.7 Å². The van der Waals surface area contributed by atoms with Crippen molar-refractivity contribution < 1.29 is 9.59 Å². The molecule has 0 aliphatic rings.